The molecule has 1 aliphatic heterocycles. The van der Waals surface area contributed by atoms with Crippen LogP contribution in [0.3, 0.4) is 0 Å². The van der Waals surface area contributed by atoms with Crippen molar-refractivity contribution in [2.75, 3.05) is 34.4 Å². The summed E-state index contributed by atoms with van der Waals surface area (Å²) < 4.78 is 20.8. The monoisotopic (exact) mass is 419 g/mol. The number of carbonyl (C=O) groups excluding carboxylic acids is 2. The van der Waals surface area contributed by atoms with Gasteiger partial charge in [-0.1, -0.05) is 0 Å². The lowest BCUT2D eigenvalue weighted by Crippen LogP contribution is -2.55. The Morgan fingerprint density at radius 1 is 1.17 bits per heavy atom. The summed E-state index contributed by atoms with van der Waals surface area (Å²) in [6.07, 6.45) is 0. The molecule has 0 unspecified atom stereocenters. The Morgan fingerprint density at radius 2 is 1.80 bits per heavy atom. The standard InChI is InChI=1S/C19H21N3O8/c1-27-14-6-11(7-15(28-2)17(14)29-3)8-20-18(23)12-9-21(10-12)19(24)13-4-5-16(30-13)22(25)26/h4-7,12H,8-10H2,1-3H3,(H,20,23). The summed E-state index contributed by atoms with van der Waals surface area (Å²) in [4.78, 5) is 36.0. The minimum Gasteiger partial charge on any atom is -0.493 e. The summed E-state index contributed by atoms with van der Waals surface area (Å²) in [6.45, 7) is 0.646. The second-order valence-electron chi connectivity index (χ2n) is 6.55. The zero-order chi connectivity index (χ0) is 21.8. The lowest BCUT2D eigenvalue weighted by molar-refractivity contribution is -0.402. The van der Waals surface area contributed by atoms with Crippen LogP contribution in [0.4, 0.5) is 5.88 Å². The molecule has 1 N–H and O–H groups in total. The van der Waals surface area contributed by atoms with Crippen LogP contribution in [-0.4, -0.2) is 56.1 Å². The van der Waals surface area contributed by atoms with Gasteiger partial charge in [0.05, 0.1) is 33.3 Å². The first-order chi connectivity index (χ1) is 14.4. The Bertz CT molecular complexity index is 939. The quantitative estimate of drug-likeness (QED) is 0.504. The molecule has 1 aromatic carbocycles. The van der Waals surface area contributed by atoms with Crippen LogP contribution in [-0.2, 0) is 11.3 Å². The molecule has 2 amide bonds. The van der Waals surface area contributed by atoms with Gasteiger partial charge in [-0.05, 0) is 23.8 Å². The van der Waals surface area contributed by atoms with Gasteiger partial charge in [0.15, 0.2) is 17.3 Å². The van der Waals surface area contributed by atoms with Crippen LogP contribution >= 0.6 is 0 Å². The number of benzene rings is 1. The average molecular weight is 419 g/mol. The Balaban J connectivity index is 1.54. The first kappa shape index (κ1) is 21.0. The topological polar surface area (TPSA) is 133 Å². The summed E-state index contributed by atoms with van der Waals surface area (Å²) in [6, 6.07) is 5.84. The van der Waals surface area contributed by atoms with Crippen molar-refractivity contribution in [2.45, 2.75) is 6.54 Å². The van der Waals surface area contributed by atoms with Crippen molar-refractivity contribution < 1.29 is 33.1 Å². The van der Waals surface area contributed by atoms with Gasteiger partial charge >= 0.3 is 5.88 Å². The van der Waals surface area contributed by atoms with Crippen LogP contribution in [0.1, 0.15) is 16.1 Å². The van der Waals surface area contributed by atoms with Crippen molar-refractivity contribution in [3.05, 3.63) is 45.7 Å². The van der Waals surface area contributed by atoms with Crippen LogP contribution in [0.2, 0.25) is 0 Å². The zero-order valence-electron chi connectivity index (χ0n) is 16.7. The highest BCUT2D eigenvalue weighted by Gasteiger charge is 2.37. The van der Waals surface area contributed by atoms with Gasteiger partial charge in [-0.3, -0.25) is 19.7 Å². The molecule has 30 heavy (non-hydrogen) atoms. The third-order valence-corrected chi connectivity index (χ3v) is 4.71. The van der Waals surface area contributed by atoms with E-state index in [0.29, 0.717) is 17.2 Å². The van der Waals surface area contributed by atoms with Gasteiger partial charge in [-0.15, -0.1) is 0 Å². The van der Waals surface area contributed by atoms with Crippen LogP contribution < -0.4 is 19.5 Å². The predicted octanol–water partition coefficient (Wildman–Crippen LogP) is 1.60. The predicted molar refractivity (Wildman–Crippen MR) is 103 cm³/mol. The maximum atomic E-state index is 12.4. The van der Waals surface area contributed by atoms with Crippen molar-refractivity contribution in [1.82, 2.24) is 10.2 Å². The molecule has 11 heteroatoms. The molecule has 2 aromatic rings. The van der Waals surface area contributed by atoms with E-state index in [0.717, 1.165) is 11.6 Å². The number of hydrogen-bond donors (Lipinski definition) is 1. The summed E-state index contributed by atoms with van der Waals surface area (Å²) in [5.74, 6) is -0.281. The van der Waals surface area contributed by atoms with Crippen molar-refractivity contribution in [2.24, 2.45) is 5.92 Å². The number of amides is 2. The SMILES string of the molecule is COc1cc(CNC(=O)C2CN(C(=O)c3ccc([N+](=O)[O-])o3)C2)cc(OC)c1OC. The number of ether oxygens (including phenoxy) is 3. The molecule has 160 valence electrons. The van der Waals surface area contributed by atoms with E-state index in [-0.39, 0.29) is 37.2 Å². The largest absolute Gasteiger partial charge is 0.493 e. The highest BCUT2D eigenvalue weighted by atomic mass is 16.6. The molecule has 0 radical (unpaired) electrons. The number of nitrogens with zero attached hydrogens (tertiary/aromatic N) is 2. The summed E-state index contributed by atoms with van der Waals surface area (Å²) in [5.41, 5.74) is 0.757. The fraction of sp³-hybridized carbons (Fsp3) is 0.368. The van der Waals surface area contributed by atoms with Gasteiger partial charge in [0.2, 0.25) is 11.7 Å². The second-order valence-corrected chi connectivity index (χ2v) is 6.55. The molecule has 3 rings (SSSR count). The smallest absolute Gasteiger partial charge is 0.433 e. The number of likely N-dealkylation sites (tertiary alicyclic amines) is 1. The molecule has 0 bridgehead atoms. The lowest BCUT2D eigenvalue weighted by Gasteiger charge is -2.37. The van der Waals surface area contributed by atoms with Crippen LogP contribution in [0.5, 0.6) is 17.2 Å². The molecule has 0 atom stereocenters. The Morgan fingerprint density at radius 3 is 2.30 bits per heavy atom. The molecule has 0 spiro atoms. The maximum Gasteiger partial charge on any atom is 0.433 e. The zero-order valence-corrected chi connectivity index (χ0v) is 16.7. The number of rotatable bonds is 8. The third kappa shape index (κ3) is 4.14. The Kier molecular flexibility index (Phi) is 6.09. The first-order valence-corrected chi connectivity index (χ1v) is 8.98. The number of carbonyl (C=O) groups is 2. The van der Waals surface area contributed by atoms with Gasteiger partial charge in [0, 0.05) is 19.6 Å². The van der Waals surface area contributed by atoms with Crippen LogP contribution in [0.25, 0.3) is 0 Å². The molecule has 1 fully saturated rings. The second kappa shape index (κ2) is 8.72. The highest BCUT2D eigenvalue weighted by Crippen LogP contribution is 2.38. The number of nitro groups is 1. The van der Waals surface area contributed by atoms with E-state index in [9.17, 15) is 19.7 Å². The van der Waals surface area contributed by atoms with Crippen molar-refractivity contribution in [1.29, 1.82) is 0 Å². The van der Waals surface area contributed by atoms with E-state index in [1.807, 2.05) is 0 Å². The Hall–Kier alpha value is -3.76. The molecule has 1 saturated heterocycles. The van der Waals surface area contributed by atoms with E-state index in [1.165, 1.54) is 32.3 Å². The van der Waals surface area contributed by atoms with Crippen LogP contribution in [0.15, 0.2) is 28.7 Å². The van der Waals surface area contributed by atoms with Crippen molar-refractivity contribution in [3.8, 4) is 17.2 Å². The van der Waals surface area contributed by atoms with Crippen LogP contribution in [0, 0.1) is 16.0 Å². The minimum atomic E-state index is -0.716. The average Bonchev–Trinajstić information content (AvgIpc) is 3.20. The molecule has 2 heterocycles. The van der Waals surface area contributed by atoms with Gasteiger partial charge in [-0.2, -0.15) is 0 Å². The molecule has 11 nitrogen and oxygen atoms in total. The van der Waals surface area contributed by atoms with Gasteiger partial charge in [-0.25, -0.2) is 0 Å². The number of furan rings is 1. The van der Waals surface area contributed by atoms with Crippen molar-refractivity contribution >= 4 is 17.7 Å². The number of hydrogen-bond acceptors (Lipinski definition) is 8. The Labute approximate surface area is 171 Å². The fourth-order valence-electron chi connectivity index (χ4n) is 3.08. The minimum absolute atomic E-state index is 0.127. The molecule has 0 saturated carbocycles. The van der Waals surface area contributed by atoms with Gasteiger partial charge in [0.25, 0.3) is 5.91 Å². The summed E-state index contributed by atoms with van der Waals surface area (Å²) >= 11 is 0. The molecule has 0 aliphatic carbocycles. The van der Waals surface area contributed by atoms with E-state index in [2.05, 4.69) is 5.32 Å². The van der Waals surface area contributed by atoms with E-state index >= 15 is 0 Å². The van der Waals surface area contributed by atoms with Gasteiger partial charge < -0.3 is 28.8 Å². The van der Waals surface area contributed by atoms with E-state index in [1.54, 1.807) is 12.1 Å². The first-order valence-electron chi connectivity index (χ1n) is 8.98. The molecule has 1 aliphatic rings. The fourth-order valence-corrected chi connectivity index (χ4v) is 3.08. The van der Waals surface area contributed by atoms with E-state index < -0.39 is 16.7 Å². The summed E-state index contributed by atoms with van der Waals surface area (Å²) in [7, 11) is 4.52. The number of nitrogens with one attached hydrogen (secondary N) is 1. The van der Waals surface area contributed by atoms with E-state index in [4.69, 9.17) is 18.6 Å². The molecular weight excluding hydrogens is 398 g/mol. The van der Waals surface area contributed by atoms with Crippen molar-refractivity contribution in [3.63, 3.8) is 0 Å². The maximum absolute atomic E-state index is 12.4. The third-order valence-electron chi connectivity index (χ3n) is 4.71. The van der Waals surface area contributed by atoms with Gasteiger partial charge in [0.1, 0.15) is 4.92 Å². The molecule has 1 aromatic heterocycles. The number of methoxy groups -OCH3 is 3. The molecular formula is C19H21N3O8. The normalized spacial score (nSPS) is 13.4. The summed E-state index contributed by atoms with van der Waals surface area (Å²) in [5, 5.41) is 13.5. The lowest BCUT2D eigenvalue weighted by atomic mass is 9.98. The highest BCUT2D eigenvalue weighted by molar-refractivity contribution is 5.94.